The van der Waals surface area contributed by atoms with Crippen LogP contribution in [0.15, 0.2) is 18.2 Å². The highest BCUT2D eigenvalue weighted by atomic mass is 35.5. The maximum absolute atomic E-state index is 12.1. The number of nitrogens with one attached hydrogen (secondary N) is 2. The zero-order chi connectivity index (χ0) is 16.9. The van der Waals surface area contributed by atoms with Crippen molar-refractivity contribution in [3.05, 3.63) is 28.2 Å². The Kier molecular flexibility index (Phi) is 6.93. The van der Waals surface area contributed by atoms with Gasteiger partial charge in [-0.15, -0.1) is 0 Å². The third-order valence-corrected chi connectivity index (χ3v) is 3.67. The van der Waals surface area contributed by atoms with E-state index in [1.54, 1.807) is 25.1 Å². The van der Waals surface area contributed by atoms with Crippen molar-refractivity contribution < 1.29 is 19.4 Å². The number of anilines is 1. The molecule has 0 aromatic heterocycles. The van der Waals surface area contributed by atoms with Crippen LogP contribution in [0, 0.1) is 0 Å². The normalized spacial score (nSPS) is 14.6. The van der Waals surface area contributed by atoms with Gasteiger partial charge in [0, 0.05) is 5.69 Å². The number of aliphatic hydroxyl groups excluding tert-OH is 1. The Hall–Kier alpha value is -1.50. The predicted molar refractivity (Wildman–Crippen MR) is 85.2 cm³/mol. The molecule has 122 valence electrons. The Morgan fingerprint density at radius 2 is 1.86 bits per heavy atom. The van der Waals surface area contributed by atoms with Crippen molar-refractivity contribution in [2.45, 2.75) is 32.0 Å². The van der Waals surface area contributed by atoms with Gasteiger partial charge >= 0.3 is 5.97 Å². The smallest absolute Gasteiger partial charge is 0.331 e. The summed E-state index contributed by atoms with van der Waals surface area (Å²) < 4.78 is 4.54. The Morgan fingerprint density at radius 3 is 2.36 bits per heavy atom. The van der Waals surface area contributed by atoms with Crippen LogP contribution < -0.4 is 10.6 Å². The second-order valence-corrected chi connectivity index (χ2v) is 5.56. The molecule has 0 aliphatic heterocycles. The van der Waals surface area contributed by atoms with Crippen LogP contribution in [0.3, 0.4) is 0 Å². The fraction of sp³-hybridized carbons (Fsp3) is 0.429. The summed E-state index contributed by atoms with van der Waals surface area (Å²) in [6, 6.07) is 3.06. The molecule has 22 heavy (non-hydrogen) atoms. The summed E-state index contributed by atoms with van der Waals surface area (Å²) in [5.41, 5.74) is 0.601. The van der Waals surface area contributed by atoms with Crippen molar-refractivity contribution in [2.75, 3.05) is 12.4 Å². The third kappa shape index (κ3) is 5.05. The summed E-state index contributed by atoms with van der Waals surface area (Å²) in [5.74, 6) is -1.19. The number of hydrogen-bond acceptors (Lipinski definition) is 5. The molecular formula is C14H18Cl2N2O4. The lowest BCUT2D eigenvalue weighted by atomic mass is 10.1. The summed E-state index contributed by atoms with van der Waals surface area (Å²) in [4.78, 5) is 23.6. The van der Waals surface area contributed by atoms with Crippen molar-refractivity contribution in [3.8, 4) is 0 Å². The van der Waals surface area contributed by atoms with Crippen molar-refractivity contribution in [2.24, 2.45) is 0 Å². The molecule has 0 radical (unpaired) electrons. The number of carbonyl (C=O) groups excluding carboxylic acids is 2. The van der Waals surface area contributed by atoms with Gasteiger partial charge in [-0.1, -0.05) is 23.2 Å². The number of methoxy groups -OCH3 is 1. The van der Waals surface area contributed by atoms with E-state index < -0.39 is 30.1 Å². The largest absolute Gasteiger partial charge is 0.467 e. The summed E-state index contributed by atoms with van der Waals surface area (Å²) in [6.45, 7) is 2.99. The predicted octanol–water partition coefficient (Wildman–Crippen LogP) is 1.83. The highest BCUT2D eigenvalue weighted by Gasteiger charge is 2.28. The Labute approximate surface area is 138 Å². The minimum Gasteiger partial charge on any atom is -0.467 e. The van der Waals surface area contributed by atoms with Gasteiger partial charge < -0.3 is 20.5 Å². The summed E-state index contributed by atoms with van der Waals surface area (Å²) in [7, 11) is 1.18. The highest BCUT2D eigenvalue weighted by molar-refractivity contribution is 6.42. The van der Waals surface area contributed by atoms with Crippen molar-refractivity contribution >= 4 is 40.8 Å². The molecule has 6 nitrogen and oxygen atoms in total. The first-order chi connectivity index (χ1) is 10.3. The lowest BCUT2D eigenvalue weighted by Crippen LogP contribution is -2.52. The average Bonchev–Trinajstić information content (AvgIpc) is 2.47. The van der Waals surface area contributed by atoms with E-state index in [9.17, 15) is 14.7 Å². The molecule has 3 N–H and O–H groups in total. The van der Waals surface area contributed by atoms with Gasteiger partial charge in [-0.3, -0.25) is 4.79 Å². The van der Waals surface area contributed by atoms with Crippen LogP contribution in [0.25, 0.3) is 0 Å². The van der Waals surface area contributed by atoms with Crippen LogP contribution in [0.2, 0.25) is 10.0 Å². The Balaban J connectivity index is 2.71. The number of hydrogen-bond donors (Lipinski definition) is 3. The van der Waals surface area contributed by atoms with E-state index in [2.05, 4.69) is 15.4 Å². The van der Waals surface area contributed by atoms with Gasteiger partial charge in [-0.05, 0) is 32.0 Å². The summed E-state index contributed by atoms with van der Waals surface area (Å²) >= 11 is 11.7. The first kappa shape index (κ1) is 18.5. The van der Waals surface area contributed by atoms with Gasteiger partial charge in [0.15, 0.2) is 6.04 Å². The molecular weight excluding hydrogens is 331 g/mol. The molecule has 0 heterocycles. The van der Waals surface area contributed by atoms with Crippen LogP contribution >= 0.6 is 23.2 Å². The van der Waals surface area contributed by atoms with Crippen molar-refractivity contribution in [1.82, 2.24) is 5.32 Å². The van der Waals surface area contributed by atoms with Crippen LogP contribution in [0.1, 0.15) is 13.8 Å². The lowest BCUT2D eigenvalue weighted by molar-refractivity contribution is -0.148. The van der Waals surface area contributed by atoms with E-state index in [0.717, 1.165) is 0 Å². The van der Waals surface area contributed by atoms with Gasteiger partial charge in [0.1, 0.15) is 6.04 Å². The van der Waals surface area contributed by atoms with E-state index in [4.69, 9.17) is 23.2 Å². The zero-order valence-electron chi connectivity index (χ0n) is 12.4. The SMILES string of the molecule is COC(=O)[C@@H](NC(=O)C(C)Nc1ccc(Cl)c(Cl)c1)[C@@H](C)O. The van der Waals surface area contributed by atoms with Crippen molar-refractivity contribution in [3.63, 3.8) is 0 Å². The monoisotopic (exact) mass is 348 g/mol. The van der Waals surface area contributed by atoms with Gasteiger partial charge in [0.25, 0.3) is 0 Å². The quantitative estimate of drug-likeness (QED) is 0.682. The fourth-order valence-corrected chi connectivity index (χ4v) is 1.98. The van der Waals surface area contributed by atoms with E-state index in [-0.39, 0.29) is 0 Å². The highest BCUT2D eigenvalue weighted by Crippen LogP contribution is 2.25. The molecule has 8 heteroatoms. The number of rotatable bonds is 6. The van der Waals surface area contributed by atoms with E-state index >= 15 is 0 Å². The number of aliphatic hydroxyl groups is 1. The molecule has 0 saturated heterocycles. The van der Waals surface area contributed by atoms with Crippen LogP contribution in [-0.2, 0) is 14.3 Å². The van der Waals surface area contributed by atoms with Crippen LogP contribution in [-0.4, -0.2) is 42.3 Å². The summed E-state index contributed by atoms with van der Waals surface area (Å²) in [6.07, 6.45) is -1.08. The van der Waals surface area contributed by atoms with Gasteiger partial charge in [0.2, 0.25) is 5.91 Å². The maximum atomic E-state index is 12.1. The maximum Gasteiger partial charge on any atom is 0.331 e. The molecule has 0 fully saturated rings. The molecule has 3 atom stereocenters. The van der Waals surface area contributed by atoms with Crippen LogP contribution in [0.4, 0.5) is 5.69 Å². The molecule has 0 saturated carbocycles. The molecule has 0 aliphatic carbocycles. The first-order valence-electron chi connectivity index (χ1n) is 6.54. The van der Waals surface area contributed by atoms with Gasteiger partial charge in [-0.25, -0.2) is 4.79 Å². The minimum atomic E-state index is -1.13. The lowest BCUT2D eigenvalue weighted by Gasteiger charge is -2.22. The number of amides is 1. The summed E-state index contributed by atoms with van der Waals surface area (Å²) in [5, 5.41) is 15.6. The number of carbonyl (C=O) groups is 2. The minimum absolute atomic E-state index is 0.357. The fourth-order valence-electron chi connectivity index (χ4n) is 1.68. The molecule has 0 bridgehead atoms. The molecule has 1 rings (SSSR count). The second-order valence-electron chi connectivity index (χ2n) is 4.74. The standard InChI is InChI=1S/C14H18Cl2N2O4/c1-7(17-9-4-5-10(15)11(16)6-9)13(20)18-12(8(2)19)14(21)22-3/h4-8,12,17,19H,1-3H3,(H,18,20)/t7?,8-,12+/m1/s1. The van der Waals surface area contributed by atoms with E-state index in [1.165, 1.54) is 14.0 Å². The topological polar surface area (TPSA) is 87.7 Å². The first-order valence-corrected chi connectivity index (χ1v) is 7.29. The molecule has 0 spiro atoms. The Morgan fingerprint density at radius 1 is 1.23 bits per heavy atom. The van der Waals surface area contributed by atoms with Gasteiger partial charge in [-0.2, -0.15) is 0 Å². The number of halogens is 2. The van der Waals surface area contributed by atoms with Crippen molar-refractivity contribution in [1.29, 1.82) is 0 Å². The van der Waals surface area contributed by atoms with Crippen LogP contribution in [0.5, 0.6) is 0 Å². The molecule has 1 aromatic rings. The zero-order valence-corrected chi connectivity index (χ0v) is 13.9. The number of esters is 1. The van der Waals surface area contributed by atoms with E-state index in [1.807, 2.05) is 0 Å². The molecule has 1 unspecified atom stereocenters. The molecule has 1 amide bonds. The van der Waals surface area contributed by atoms with E-state index in [0.29, 0.717) is 15.7 Å². The molecule has 0 aliphatic rings. The molecule has 1 aromatic carbocycles. The average molecular weight is 349 g/mol. The number of ether oxygens (including phenoxy) is 1. The number of benzene rings is 1. The third-order valence-electron chi connectivity index (χ3n) is 2.93. The second kappa shape index (κ2) is 8.22. The Bertz CT molecular complexity index is 552. The van der Waals surface area contributed by atoms with Gasteiger partial charge in [0.05, 0.1) is 23.3 Å².